The molecular formula is C16H31NO3. The van der Waals surface area contributed by atoms with Crippen LogP contribution in [0.15, 0.2) is 0 Å². The molecule has 1 aliphatic rings. The molecule has 0 heterocycles. The average Bonchev–Trinajstić information content (AvgIpc) is 2.36. The van der Waals surface area contributed by atoms with Crippen LogP contribution >= 0.6 is 0 Å². The zero-order chi connectivity index (χ0) is 15.2. The third-order valence-electron chi connectivity index (χ3n) is 4.04. The minimum Gasteiger partial charge on any atom is -0.465 e. The highest BCUT2D eigenvalue weighted by atomic mass is 16.5. The van der Waals surface area contributed by atoms with Crippen LogP contribution in [0.2, 0.25) is 0 Å². The first-order chi connectivity index (χ1) is 9.41. The van der Waals surface area contributed by atoms with Crippen molar-refractivity contribution in [1.29, 1.82) is 0 Å². The van der Waals surface area contributed by atoms with Crippen molar-refractivity contribution in [2.24, 2.45) is 11.8 Å². The topological polar surface area (TPSA) is 47.6 Å². The lowest BCUT2D eigenvalue weighted by atomic mass is 9.81. The van der Waals surface area contributed by atoms with Crippen molar-refractivity contribution in [3.8, 4) is 0 Å². The number of nitrogens with one attached hydrogen (secondary N) is 1. The van der Waals surface area contributed by atoms with Gasteiger partial charge < -0.3 is 14.8 Å². The van der Waals surface area contributed by atoms with Gasteiger partial charge in [0.15, 0.2) is 0 Å². The molecule has 118 valence electrons. The summed E-state index contributed by atoms with van der Waals surface area (Å²) in [4.78, 5) is 12.1. The second kappa shape index (κ2) is 7.99. The molecule has 1 rings (SSSR count). The molecule has 1 N–H and O–H groups in total. The molecule has 20 heavy (non-hydrogen) atoms. The van der Waals surface area contributed by atoms with Crippen LogP contribution in [-0.2, 0) is 14.3 Å². The lowest BCUT2D eigenvalue weighted by Gasteiger charge is -2.34. The van der Waals surface area contributed by atoms with Gasteiger partial charge in [0.05, 0.1) is 19.3 Å². The molecule has 0 spiro atoms. The van der Waals surface area contributed by atoms with Gasteiger partial charge in [-0.05, 0) is 51.5 Å². The molecule has 0 amide bonds. The number of carbonyl (C=O) groups is 1. The zero-order valence-electron chi connectivity index (χ0n) is 13.7. The summed E-state index contributed by atoms with van der Waals surface area (Å²) in [6.07, 6.45) is 3.73. The Labute approximate surface area is 123 Å². The highest BCUT2D eigenvalue weighted by molar-refractivity contribution is 5.80. The summed E-state index contributed by atoms with van der Waals surface area (Å²) < 4.78 is 11.2. The van der Waals surface area contributed by atoms with E-state index in [2.05, 4.69) is 19.2 Å². The quantitative estimate of drug-likeness (QED) is 0.731. The SMILES string of the molecule is CCNC(C)(COC1CC(C)CC(C)C1)C(=O)OCC. The Kier molecular flexibility index (Phi) is 6.96. The van der Waals surface area contributed by atoms with Gasteiger partial charge in [-0.25, -0.2) is 4.79 Å². The minimum absolute atomic E-state index is 0.223. The van der Waals surface area contributed by atoms with E-state index < -0.39 is 5.54 Å². The number of esters is 1. The lowest BCUT2D eigenvalue weighted by Crippen LogP contribution is -2.54. The number of hydrogen-bond acceptors (Lipinski definition) is 4. The fourth-order valence-electron chi connectivity index (χ4n) is 3.16. The fraction of sp³-hybridized carbons (Fsp3) is 0.938. The van der Waals surface area contributed by atoms with Crippen LogP contribution in [0.25, 0.3) is 0 Å². The molecule has 4 nitrogen and oxygen atoms in total. The number of likely N-dealkylation sites (N-methyl/N-ethyl adjacent to an activating group) is 1. The van der Waals surface area contributed by atoms with Crippen molar-refractivity contribution in [1.82, 2.24) is 5.32 Å². The average molecular weight is 285 g/mol. The molecule has 0 bridgehead atoms. The molecule has 0 aromatic rings. The van der Waals surface area contributed by atoms with Crippen molar-refractivity contribution in [2.45, 2.75) is 65.5 Å². The number of carbonyl (C=O) groups excluding carboxylic acids is 1. The largest absolute Gasteiger partial charge is 0.465 e. The number of hydrogen-bond donors (Lipinski definition) is 1. The molecule has 0 aliphatic heterocycles. The normalized spacial score (nSPS) is 29.8. The van der Waals surface area contributed by atoms with Crippen LogP contribution < -0.4 is 5.32 Å². The maximum atomic E-state index is 12.1. The first-order valence-corrected chi connectivity index (χ1v) is 7.95. The van der Waals surface area contributed by atoms with Crippen LogP contribution in [0.3, 0.4) is 0 Å². The Morgan fingerprint density at radius 2 is 1.80 bits per heavy atom. The smallest absolute Gasteiger partial charge is 0.328 e. The molecule has 0 aromatic heterocycles. The summed E-state index contributed by atoms with van der Waals surface area (Å²) in [6, 6.07) is 0. The van der Waals surface area contributed by atoms with Crippen LogP contribution in [0.4, 0.5) is 0 Å². The lowest BCUT2D eigenvalue weighted by molar-refractivity contribution is -0.155. The first kappa shape index (κ1) is 17.4. The van der Waals surface area contributed by atoms with E-state index in [1.807, 2.05) is 20.8 Å². The second-order valence-electron chi connectivity index (χ2n) is 6.43. The summed E-state index contributed by atoms with van der Waals surface area (Å²) in [7, 11) is 0. The van der Waals surface area contributed by atoms with E-state index in [-0.39, 0.29) is 12.1 Å². The summed E-state index contributed by atoms with van der Waals surface area (Å²) in [5, 5.41) is 3.21. The van der Waals surface area contributed by atoms with E-state index in [1.165, 1.54) is 6.42 Å². The molecule has 3 unspecified atom stereocenters. The molecule has 1 aliphatic carbocycles. The first-order valence-electron chi connectivity index (χ1n) is 7.95. The van der Waals surface area contributed by atoms with E-state index in [0.29, 0.717) is 25.0 Å². The van der Waals surface area contributed by atoms with Crippen molar-refractivity contribution in [2.75, 3.05) is 19.8 Å². The van der Waals surface area contributed by atoms with E-state index in [1.54, 1.807) is 0 Å². The van der Waals surface area contributed by atoms with E-state index in [0.717, 1.165) is 19.4 Å². The second-order valence-corrected chi connectivity index (χ2v) is 6.43. The molecule has 4 heteroatoms. The van der Waals surface area contributed by atoms with Gasteiger partial charge in [-0.15, -0.1) is 0 Å². The van der Waals surface area contributed by atoms with Crippen LogP contribution in [0.1, 0.15) is 53.9 Å². The van der Waals surface area contributed by atoms with Crippen LogP contribution in [0.5, 0.6) is 0 Å². The maximum absolute atomic E-state index is 12.1. The molecule has 0 radical (unpaired) electrons. The molecule has 0 aromatic carbocycles. The molecule has 3 atom stereocenters. The summed E-state index contributed by atoms with van der Waals surface area (Å²) in [5.74, 6) is 1.19. The Hall–Kier alpha value is -0.610. The highest BCUT2D eigenvalue weighted by Gasteiger charge is 2.36. The van der Waals surface area contributed by atoms with Crippen LogP contribution in [-0.4, -0.2) is 37.4 Å². The van der Waals surface area contributed by atoms with Gasteiger partial charge in [-0.3, -0.25) is 0 Å². The van der Waals surface area contributed by atoms with Gasteiger partial charge in [0.1, 0.15) is 5.54 Å². The van der Waals surface area contributed by atoms with Gasteiger partial charge in [0, 0.05) is 0 Å². The van der Waals surface area contributed by atoms with E-state index in [4.69, 9.17) is 9.47 Å². The van der Waals surface area contributed by atoms with Gasteiger partial charge in [0.25, 0.3) is 0 Å². The van der Waals surface area contributed by atoms with Gasteiger partial charge in [-0.2, -0.15) is 0 Å². The summed E-state index contributed by atoms with van der Waals surface area (Å²) in [5.41, 5.74) is -0.741. The third kappa shape index (κ3) is 5.06. The van der Waals surface area contributed by atoms with Crippen LogP contribution in [0, 0.1) is 11.8 Å². The Bertz CT molecular complexity index is 298. The molecule has 0 saturated heterocycles. The molecule has 1 saturated carbocycles. The minimum atomic E-state index is -0.741. The Balaban J connectivity index is 2.55. The summed E-state index contributed by atoms with van der Waals surface area (Å²) in [6.45, 7) is 11.7. The Morgan fingerprint density at radius 1 is 1.20 bits per heavy atom. The zero-order valence-corrected chi connectivity index (χ0v) is 13.7. The predicted molar refractivity (Wildman–Crippen MR) is 80.6 cm³/mol. The fourth-order valence-corrected chi connectivity index (χ4v) is 3.16. The third-order valence-corrected chi connectivity index (χ3v) is 4.04. The predicted octanol–water partition coefficient (Wildman–Crippen LogP) is 2.76. The molecular weight excluding hydrogens is 254 g/mol. The maximum Gasteiger partial charge on any atom is 0.328 e. The van der Waals surface area contributed by atoms with Gasteiger partial charge in [0.2, 0.25) is 0 Å². The summed E-state index contributed by atoms with van der Waals surface area (Å²) >= 11 is 0. The number of rotatable bonds is 7. The van der Waals surface area contributed by atoms with Crippen molar-refractivity contribution in [3.63, 3.8) is 0 Å². The van der Waals surface area contributed by atoms with E-state index >= 15 is 0 Å². The van der Waals surface area contributed by atoms with E-state index in [9.17, 15) is 4.79 Å². The Morgan fingerprint density at radius 3 is 2.30 bits per heavy atom. The standard InChI is InChI=1S/C16H31NO3/c1-6-17-16(5,15(18)19-7-2)11-20-14-9-12(3)8-13(4)10-14/h12-14,17H,6-11H2,1-5H3. The van der Waals surface area contributed by atoms with Crippen molar-refractivity contribution >= 4 is 5.97 Å². The van der Waals surface area contributed by atoms with Crippen molar-refractivity contribution < 1.29 is 14.3 Å². The molecule has 1 fully saturated rings. The van der Waals surface area contributed by atoms with Gasteiger partial charge >= 0.3 is 5.97 Å². The van der Waals surface area contributed by atoms with Crippen molar-refractivity contribution in [3.05, 3.63) is 0 Å². The number of ether oxygens (including phenoxy) is 2. The monoisotopic (exact) mass is 285 g/mol. The van der Waals surface area contributed by atoms with Gasteiger partial charge in [-0.1, -0.05) is 20.8 Å². The highest BCUT2D eigenvalue weighted by Crippen LogP contribution is 2.30.